The molecule has 0 aliphatic carbocycles. The molecule has 1 aliphatic heterocycles. The van der Waals surface area contributed by atoms with Crippen molar-refractivity contribution < 1.29 is 14.3 Å². The summed E-state index contributed by atoms with van der Waals surface area (Å²) in [5, 5.41) is 8.49. The van der Waals surface area contributed by atoms with Crippen molar-refractivity contribution in [2.75, 3.05) is 13.1 Å². The molecule has 7 nitrogen and oxygen atoms in total. The Bertz CT molecular complexity index is 791. The highest BCUT2D eigenvalue weighted by atomic mass is 32.1. The maximum atomic E-state index is 12.6. The molecular formula is C18H26N4O3S. The van der Waals surface area contributed by atoms with Gasteiger partial charge >= 0.3 is 6.09 Å². The largest absolute Gasteiger partial charge is 0.444 e. The zero-order valence-electron chi connectivity index (χ0n) is 16.0. The summed E-state index contributed by atoms with van der Waals surface area (Å²) in [6.07, 6.45) is 1.18. The van der Waals surface area contributed by atoms with Gasteiger partial charge in [-0.2, -0.15) is 5.10 Å². The maximum absolute atomic E-state index is 12.6. The number of piperidine rings is 1. The van der Waals surface area contributed by atoms with E-state index in [0.29, 0.717) is 18.0 Å². The monoisotopic (exact) mass is 378 g/mol. The number of ether oxygens (including phenoxy) is 1. The number of aryl methyl sites for hydroxylation is 2. The molecule has 0 radical (unpaired) electrons. The van der Waals surface area contributed by atoms with Gasteiger partial charge in [0.05, 0.1) is 10.6 Å². The zero-order valence-corrected chi connectivity index (χ0v) is 16.8. The van der Waals surface area contributed by atoms with Crippen LogP contribution in [-0.4, -0.2) is 51.4 Å². The first-order chi connectivity index (χ1) is 12.1. The predicted molar refractivity (Wildman–Crippen MR) is 102 cm³/mol. The van der Waals surface area contributed by atoms with Gasteiger partial charge in [-0.15, -0.1) is 11.3 Å². The summed E-state index contributed by atoms with van der Waals surface area (Å²) in [5.74, 6) is -0.0543. The van der Waals surface area contributed by atoms with Crippen LogP contribution in [0.1, 0.15) is 49.0 Å². The number of hydrogen-bond acceptors (Lipinski definition) is 5. The highest BCUT2D eigenvalue weighted by molar-refractivity contribution is 7.20. The summed E-state index contributed by atoms with van der Waals surface area (Å²) in [5.41, 5.74) is 0.444. The van der Waals surface area contributed by atoms with E-state index >= 15 is 0 Å². The Balaban J connectivity index is 1.56. The van der Waals surface area contributed by atoms with Crippen molar-refractivity contribution in [2.24, 2.45) is 7.05 Å². The van der Waals surface area contributed by atoms with E-state index in [1.807, 2.05) is 45.5 Å². The molecule has 142 valence electrons. The lowest BCUT2D eigenvalue weighted by Crippen LogP contribution is -2.47. The number of likely N-dealkylation sites (tertiary alicyclic amines) is 1. The lowest BCUT2D eigenvalue weighted by Gasteiger charge is -2.33. The highest BCUT2D eigenvalue weighted by Crippen LogP contribution is 2.28. The first-order valence-corrected chi connectivity index (χ1v) is 9.67. The minimum absolute atomic E-state index is 0.0543. The number of carbonyl (C=O) groups excluding carboxylic acids is 2. The fourth-order valence-electron chi connectivity index (χ4n) is 3.11. The SMILES string of the molecule is Cc1nn(C)c2sc(C(=O)NC3CCN(C(=O)OC(C)(C)C)CC3)cc12. The standard InChI is InChI=1S/C18H26N4O3S/c1-11-13-10-14(26-16(13)21(5)20-11)15(23)19-12-6-8-22(9-7-12)17(24)25-18(2,3)4/h10,12H,6-9H2,1-5H3,(H,19,23). The molecule has 2 aromatic rings. The third-order valence-corrected chi connectivity index (χ3v) is 5.60. The van der Waals surface area contributed by atoms with Crippen LogP contribution >= 0.6 is 11.3 Å². The first kappa shape index (κ1) is 18.7. The van der Waals surface area contributed by atoms with E-state index in [2.05, 4.69) is 10.4 Å². The lowest BCUT2D eigenvalue weighted by atomic mass is 10.1. The van der Waals surface area contributed by atoms with E-state index < -0.39 is 5.60 Å². The van der Waals surface area contributed by atoms with Crippen LogP contribution in [-0.2, 0) is 11.8 Å². The first-order valence-electron chi connectivity index (χ1n) is 8.86. The number of thiophene rings is 1. The Hall–Kier alpha value is -2.09. The Kier molecular flexibility index (Phi) is 4.96. The third-order valence-electron chi connectivity index (χ3n) is 4.40. The minimum atomic E-state index is -0.490. The van der Waals surface area contributed by atoms with Crippen molar-refractivity contribution in [1.82, 2.24) is 20.0 Å². The van der Waals surface area contributed by atoms with Gasteiger partial charge in [-0.05, 0) is 46.6 Å². The average Bonchev–Trinajstić information content (AvgIpc) is 3.08. The number of rotatable bonds is 2. The van der Waals surface area contributed by atoms with E-state index in [-0.39, 0.29) is 18.0 Å². The summed E-state index contributed by atoms with van der Waals surface area (Å²) in [6.45, 7) is 8.72. The van der Waals surface area contributed by atoms with Gasteiger partial charge in [0.15, 0.2) is 0 Å². The third kappa shape index (κ3) is 4.00. The topological polar surface area (TPSA) is 76.5 Å². The number of aromatic nitrogens is 2. The van der Waals surface area contributed by atoms with Crippen LogP contribution in [0.4, 0.5) is 4.79 Å². The Morgan fingerprint density at radius 1 is 1.31 bits per heavy atom. The number of amides is 2. The van der Waals surface area contributed by atoms with E-state index in [4.69, 9.17) is 4.74 Å². The Labute approximate surface area is 157 Å². The molecular weight excluding hydrogens is 352 g/mol. The van der Waals surface area contributed by atoms with Crippen molar-refractivity contribution in [1.29, 1.82) is 0 Å². The molecule has 3 rings (SSSR count). The van der Waals surface area contributed by atoms with E-state index in [1.54, 1.807) is 4.90 Å². The summed E-state index contributed by atoms with van der Waals surface area (Å²) in [4.78, 5) is 28.1. The van der Waals surface area contributed by atoms with Crippen LogP contribution in [0.25, 0.3) is 10.2 Å². The van der Waals surface area contributed by atoms with Gasteiger partial charge in [-0.1, -0.05) is 0 Å². The molecule has 26 heavy (non-hydrogen) atoms. The van der Waals surface area contributed by atoms with Gasteiger partial charge in [0, 0.05) is 31.6 Å². The fourth-order valence-corrected chi connectivity index (χ4v) is 4.13. The van der Waals surface area contributed by atoms with Crippen molar-refractivity contribution in [2.45, 2.75) is 52.2 Å². The zero-order chi connectivity index (χ0) is 19.1. The number of nitrogens with one attached hydrogen (secondary N) is 1. The van der Waals surface area contributed by atoms with E-state index in [1.165, 1.54) is 11.3 Å². The van der Waals surface area contributed by atoms with Crippen molar-refractivity contribution in [3.05, 3.63) is 16.6 Å². The van der Waals surface area contributed by atoms with Crippen LogP contribution in [0.5, 0.6) is 0 Å². The Morgan fingerprint density at radius 2 is 1.96 bits per heavy atom. The number of nitrogens with zero attached hydrogens (tertiary/aromatic N) is 3. The number of hydrogen-bond donors (Lipinski definition) is 1. The molecule has 1 aliphatic rings. The van der Waals surface area contributed by atoms with Crippen LogP contribution in [0, 0.1) is 6.92 Å². The average molecular weight is 378 g/mol. The summed E-state index contributed by atoms with van der Waals surface area (Å²) in [7, 11) is 1.89. The second-order valence-electron chi connectivity index (χ2n) is 7.75. The molecule has 2 amide bonds. The van der Waals surface area contributed by atoms with Gasteiger partial charge in [-0.25, -0.2) is 4.79 Å². The molecule has 0 bridgehead atoms. The molecule has 0 unspecified atom stereocenters. The van der Waals surface area contributed by atoms with Crippen LogP contribution < -0.4 is 5.32 Å². The maximum Gasteiger partial charge on any atom is 0.410 e. The second-order valence-corrected chi connectivity index (χ2v) is 8.78. The molecule has 1 N–H and O–H groups in total. The predicted octanol–water partition coefficient (Wildman–Crippen LogP) is 3.07. The molecule has 1 fully saturated rings. The van der Waals surface area contributed by atoms with Gasteiger partial charge in [0.25, 0.3) is 5.91 Å². The molecule has 1 saturated heterocycles. The van der Waals surface area contributed by atoms with Crippen LogP contribution in [0.2, 0.25) is 0 Å². The van der Waals surface area contributed by atoms with Crippen molar-refractivity contribution in [3.63, 3.8) is 0 Å². The Morgan fingerprint density at radius 3 is 2.54 bits per heavy atom. The van der Waals surface area contributed by atoms with Crippen LogP contribution in [0.3, 0.4) is 0 Å². The normalized spacial score (nSPS) is 16.1. The molecule has 0 saturated carbocycles. The summed E-state index contributed by atoms with van der Waals surface area (Å²) in [6, 6.07) is 1.98. The number of fused-ring (bicyclic) bond motifs is 1. The smallest absolute Gasteiger partial charge is 0.410 e. The quantitative estimate of drug-likeness (QED) is 0.871. The van der Waals surface area contributed by atoms with Gasteiger partial charge in [0.2, 0.25) is 0 Å². The van der Waals surface area contributed by atoms with E-state index in [9.17, 15) is 9.59 Å². The van der Waals surface area contributed by atoms with Crippen molar-refractivity contribution in [3.8, 4) is 0 Å². The molecule has 0 spiro atoms. The van der Waals surface area contributed by atoms with Gasteiger partial charge < -0.3 is 15.0 Å². The molecule has 8 heteroatoms. The van der Waals surface area contributed by atoms with Gasteiger partial charge in [0.1, 0.15) is 10.4 Å². The van der Waals surface area contributed by atoms with Crippen LogP contribution in [0.15, 0.2) is 6.07 Å². The fraction of sp³-hybridized carbons (Fsp3) is 0.611. The van der Waals surface area contributed by atoms with E-state index in [0.717, 1.165) is 28.8 Å². The molecule has 0 aromatic carbocycles. The summed E-state index contributed by atoms with van der Waals surface area (Å²) < 4.78 is 7.21. The molecule has 2 aromatic heterocycles. The lowest BCUT2D eigenvalue weighted by molar-refractivity contribution is 0.0200. The number of carbonyl (C=O) groups is 2. The van der Waals surface area contributed by atoms with Crippen molar-refractivity contribution >= 4 is 33.6 Å². The van der Waals surface area contributed by atoms with Gasteiger partial charge in [-0.3, -0.25) is 9.48 Å². The second kappa shape index (κ2) is 6.90. The summed E-state index contributed by atoms with van der Waals surface area (Å²) >= 11 is 1.46. The minimum Gasteiger partial charge on any atom is -0.444 e. The highest BCUT2D eigenvalue weighted by Gasteiger charge is 2.28. The molecule has 0 atom stereocenters. The molecule has 3 heterocycles.